The molecule has 6 nitrogen and oxygen atoms in total. The summed E-state index contributed by atoms with van der Waals surface area (Å²) >= 11 is 4.78. The van der Waals surface area contributed by atoms with E-state index in [1.165, 1.54) is 16.2 Å². The van der Waals surface area contributed by atoms with Gasteiger partial charge in [-0.25, -0.2) is 0 Å². The van der Waals surface area contributed by atoms with Crippen molar-refractivity contribution < 1.29 is 9.59 Å². The molecule has 0 spiro atoms. The predicted octanol–water partition coefficient (Wildman–Crippen LogP) is 3.98. The van der Waals surface area contributed by atoms with Crippen LogP contribution in [-0.4, -0.2) is 40.5 Å². The summed E-state index contributed by atoms with van der Waals surface area (Å²) in [7, 11) is 1.69. The van der Waals surface area contributed by atoms with Crippen molar-refractivity contribution in [3.05, 3.63) is 64.6 Å². The van der Waals surface area contributed by atoms with Crippen molar-refractivity contribution in [2.45, 2.75) is 13.0 Å². The van der Waals surface area contributed by atoms with Crippen LogP contribution in [0, 0.1) is 5.92 Å². The standard InChI is InChI=1S/C21H19BrN4O2S/c1-25(21-24-23-19(29-21)15-7-9-17(22)10-8-15)20(28)16-11-18(27)26(13-16)12-14-5-3-2-4-6-14/h2-10,16H,11-13H2,1H3. The molecule has 2 heterocycles. The van der Waals surface area contributed by atoms with Gasteiger partial charge in [-0.3, -0.25) is 14.5 Å². The van der Waals surface area contributed by atoms with Gasteiger partial charge in [-0.1, -0.05) is 69.7 Å². The molecule has 8 heteroatoms. The normalized spacial score (nSPS) is 16.3. The summed E-state index contributed by atoms with van der Waals surface area (Å²) in [5.74, 6) is -0.461. The first kappa shape index (κ1) is 19.7. The number of benzene rings is 2. The van der Waals surface area contributed by atoms with Gasteiger partial charge in [0.1, 0.15) is 5.01 Å². The first-order valence-electron chi connectivity index (χ1n) is 9.20. The van der Waals surface area contributed by atoms with Gasteiger partial charge in [-0.2, -0.15) is 0 Å². The van der Waals surface area contributed by atoms with E-state index in [-0.39, 0.29) is 24.2 Å². The van der Waals surface area contributed by atoms with Crippen LogP contribution >= 0.6 is 27.3 Å². The van der Waals surface area contributed by atoms with Crippen molar-refractivity contribution in [2.24, 2.45) is 5.92 Å². The lowest BCUT2D eigenvalue weighted by Crippen LogP contribution is -2.34. The molecule has 2 aromatic carbocycles. The van der Waals surface area contributed by atoms with Crippen LogP contribution < -0.4 is 4.90 Å². The van der Waals surface area contributed by atoms with Gasteiger partial charge in [-0.05, 0) is 17.7 Å². The predicted molar refractivity (Wildman–Crippen MR) is 116 cm³/mol. The quantitative estimate of drug-likeness (QED) is 0.565. The number of carbonyl (C=O) groups is 2. The Balaban J connectivity index is 1.43. The monoisotopic (exact) mass is 470 g/mol. The molecule has 0 saturated carbocycles. The summed E-state index contributed by atoms with van der Waals surface area (Å²) < 4.78 is 0.990. The van der Waals surface area contributed by atoms with Crippen LogP contribution in [0.4, 0.5) is 5.13 Å². The van der Waals surface area contributed by atoms with Crippen LogP contribution in [0.15, 0.2) is 59.1 Å². The van der Waals surface area contributed by atoms with Gasteiger partial charge >= 0.3 is 0 Å². The van der Waals surface area contributed by atoms with Crippen LogP contribution in [0.25, 0.3) is 10.6 Å². The van der Waals surface area contributed by atoms with E-state index in [0.717, 1.165) is 20.6 Å². The zero-order valence-electron chi connectivity index (χ0n) is 15.8. The lowest BCUT2D eigenvalue weighted by molar-refractivity contribution is -0.128. The molecule has 1 aliphatic rings. The molecule has 2 amide bonds. The molecular formula is C21H19BrN4O2S. The van der Waals surface area contributed by atoms with Gasteiger partial charge in [0.05, 0.1) is 5.92 Å². The summed E-state index contributed by atoms with van der Waals surface area (Å²) in [5.41, 5.74) is 2.01. The van der Waals surface area contributed by atoms with E-state index in [4.69, 9.17) is 0 Å². The van der Waals surface area contributed by atoms with E-state index >= 15 is 0 Å². The number of nitrogens with zero attached hydrogens (tertiary/aromatic N) is 4. The molecule has 29 heavy (non-hydrogen) atoms. The Kier molecular flexibility index (Phi) is 5.73. The highest BCUT2D eigenvalue weighted by molar-refractivity contribution is 9.10. The highest BCUT2D eigenvalue weighted by atomic mass is 79.9. The highest BCUT2D eigenvalue weighted by Gasteiger charge is 2.36. The Hall–Kier alpha value is -2.58. The molecule has 0 N–H and O–H groups in total. The maximum Gasteiger partial charge on any atom is 0.233 e. The number of aromatic nitrogens is 2. The zero-order valence-corrected chi connectivity index (χ0v) is 18.2. The summed E-state index contributed by atoms with van der Waals surface area (Å²) in [5, 5.41) is 9.67. The minimum absolute atomic E-state index is 0.00779. The average molecular weight is 471 g/mol. The number of amides is 2. The van der Waals surface area contributed by atoms with Crippen molar-refractivity contribution >= 4 is 44.2 Å². The molecule has 3 aromatic rings. The molecule has 1 aromatic heterocycles. The van der Waals surface area contributed by atoms with Crippen LogP contribution in [0.5, 0.6) is 0 Å². The molecule has 148 valence electrons. The first-order chi connectivity index (χ1) is 14.0. The van der Waals surface area contributed by atoms with E-state index in [9.17, 15) is 9.59 Å². The second kappa shape index (κ2) is 8.42. The third-order valence-corrected chi connectivity index (χ3v) is 6.48. The van der Waals surface area contributed by atoms with Crippen LogP contribution in [0.1, 0.15) is 12.0 Å². The van der Waals surface area contributed by atoms with E-state index in [1.807, 2.05) is 54.6 Å². The molecule has 0 aliphatic carbocycles. The molecule has 4 rings (SSSR count). The molecule has 0 bridgehead atoms. The lowest BCUT2D eigenvalue weighted by atomic mass is 10.1. The number of hydrogen-bond acceptors (Lipinski definition) is 5. The molecule has 1 fully saturated rings. The van der Waals surface area contributed by atoms with Crippen molar-refractivity contribution in [3.8, 4) is 10.6 Å². The fourth-order valence-electron chi connectivity index (χ4n) is 3.32. The lowest BCUT2D eigenvalue weighted by Gasteiger charge is -2.19. The molecule has 1 unspecified atom stereocenters. The summed E-state index contributed by atoms with van der Waals surface area (Å²) in [6, 6.07) is 17.6. The fourth-order valence-corrected chi connectivity index (χ4v) is 4.40. The third kappa shape index (κ3) is 4.38. The highest BCUT2D eigenvalue weighted by Crippen LogP contribution is 2.31. The van der Waals surface area contributed by atoms with Gasteiger partial charge in [0.15, 0.2) is 0 Å². The molecular weight excluding hydrogens is 452 g/mol. The Labute approximate surface area is 181 Å². The molecule has 1 atom stereocenters. The maximum atomic E-state index is 13.0. The van der Waals surface area contributed by atoms with E-state index in [1.54, 1.807) is 11.9 Å². The van der Waals surface area contributed by atoms with Gasteiger partial charge in [-0.15, -0.1) is 10.2 Å². The van der Waals surface area contributed by atoms with Crippen molar-refractivity contribution in [2.75, 3.05) is 18.5 Å². The van der Waals surface area contributed by atoms with Crippen LogP contribution in [-0.2, 0) is 16.1 Å². The number of rotatable bonds is 5. The Bertz CT molecular complexity index is 1020. The van der Waals surface area contributed by atoms with Crippen molar-refractivity contribution in [1.82, 2.24) is 15.1 Å². The molecule has 1 aliphatic heterocycles. The van der Waals surface area contributed by atoms with Gasteiger partial charge in [0.25, 0.3) is 0 Å². The number of carbonyl (C=O) groups excluding carboxylic acids is 2. The topological polar surface area (TPSA) is 66.4 Å². The largest absolute Gasteiger partial charge is 0.338 e. The maximum absolute atomic E-state index is 13.0. The summed E-state index contributed by atoms with van der Waals surface area (Å²) in [6.45, 7) is 0.953. The molecule has 1 saturated heterocycles. The van der Waals surface area contributed by atoms with E-state index in [0.29, 0.717) is 18.2 Å². The fraction of sp³-hybridized carbons (Fsp3) is 0.238. The smallest absolute Gasteiger partial charge is 0.233 e. The minimum atomic E-state index is -0.365. The number of hydrogen-bond donors (Lipinski definition) is 0. The van der Waals surface area contributed by atoms with Crippen LogP contribution in [0.2, 0.25) is 0 Å². The first-order valence-corrected chi connectivity index (χ1v) is 10.8. The summed E-state index contributed by atoms with van der Waals surface area (Å²) in [6.07, 6.45) is 0.231. The van der Waals surface area contributed by atoms with E-state index < -0.39 is 0 Å². The summed E-state index contributed by atoms with van der Waals surface area (Å²) in [4.78, 5) is 28.6. The second-order valence-electron chi connectivity index (χ2n) is 6.95. The van der Waals surface area contributed by atoms with E-state index in [2.05, 4.69) is 26.1 Å². The number of likely N-dealkylation sites (tertiary alicyclic amines) is 1. The Morgan fingerprint density at radius 2 is 1.90 bits per heavy atom. The van der Waals surface area contributed by atoms with Crippen molar-refractivity contribution in [3.63, 3.8) is 0 Å². The van der Waals surface area contributed by atoms with Gasteiger partial charge in [0, 0.05) is 36.6 Å². The third-order valence-electron chi connectivity index (χ3n) is 4.90. The van der Waals surface area contributed by atoms with Gasteiger partial charge < -0.3 is 4.90 Å². The average Bonchev–Trinajstić information content (AvgIpc) is 3.36. The minimum Gasteiger partial charge on any atom is -0.338 e. The number of anilines is 1. The zero-order chi connectivity index (χ0) is 20.4. The Morgan fingerprint density at radius 1 is 1.17 bits per heavy atom. The van der Waals surface area contributed by atoms with Gasteiger partial charge in [0.2, 0.25) is 16.9 Å². The van der Waals surface area contributed by atoms with Crippen LogP contribution in [0.3, 0.4) is 0 Å². The SMILES string of the molecule is CN(C(=O)C1CC(=O)N(Cc2ccccc2)C1)c1nnc(-c2ccc(Br)cc2)s1. The number of halogens is 1. The van der Waals surface area contributed by atoms with Crippen molar-refractivity contribution in [1.29, 1.82) is 0 Å². The second-order valence-corrected chi connectivity index (χ2v) is 8.83. The molecule has 0 radical (unpaired) electrons. The Morgan fingerprint density at radius 3 is 2.62 bits per heavy atom.